The summed E-state index contributed by atoms with van der Waals surface area (Å²) in [6.07, 6.45) is 2.42. The van der Waals surface area contributed by atoms with Crippen molar-refractivity contribution in [1.82, 2.24) is 14.5 Å². The maximum Gasteiger partial charge on any atom is 0.143 e. The molecule has 4 nitrogen and oxygen atoms in total. The standard InChI is InChI=1S/C20H16FN3O/c21-16-7-5-14(6-8-16)13-24-18-4-2-1-3-17(18)23-20(24)19(25)15-9-11-22-12-10-15/h1-12,19,25H,13H2. The Kier molecular flexibility index (Phi) is 3.99. The summed E-state index contributed by atoms with van der Waals surface area (Å²) in [6.45, 7) is 0.498. The number of benzene rings is 2. The number of fused-ring (bicyclic) bond motifs is 1. The number of hydrogen-bond donors (Lipinski definition) is 1. The molecule has 2 aromatic heterocycles. The Labute approximate surface area is 144 Å². The maximum absolute atomic E-state index is 13.2. The van der Waals surface area contributed by atoms with Crippen LogP contribution in [0.3, 0.4) is 0 Å². The van der Waals surface area contributed by atoms with Crippen molar-refractivity contribution < 1.29 is 9.50 Å². The van der Waals surface area contributed by atoms with Gasteiger partial charge in [0, 0.05) is 18.9 Å². The first-order chi connectivity index (χ1) is 12.2. The number of rotatable bonds is 4. The van der Waals surface area contributed by atoms with E-state index in [1.165, 1.54) is 12.1 Å². The highest BCUT2D eigenvalue weighted by Gasteiger charge is 2.19. The van der Waals surface area contributed by atoms with Crippen molar-refractivity contribution in [2.24, 2.45) is 0 Å². The van der Waals surface area contributed by atoms with E-state index in [1.807, 2.05) is 28.8 Å². The van der Waals surface area contributed by atoms with E-state index in [9.17, 15) is 9.50 Å². The number of aliphatic hydroxyl groups excluding tert-OH is 1. The molecule has 4 aromatic rings. The van der Waals surface area contributed by atoms with Gasteiger partial charge in [-0.1, -0.05) is 24.3 Å². The first-order valence-corrected chi connectivity index (χ1v) is 8.00. The minimum Gasteiger partial charge on any atom is -0.380 e. The van der Waals surface area contributed by atoms with Crippen LogP contribution in [0.15, 0.2) is 73.1 Å². The van der Waals surface area contributed by atoms with Crippen molar-refractivity contribution >= 4 is 11.0 Å². The Bertz CT molecular complexity index is 997. The van der Waals surface area contributed by atoms with E-state index in [4.69, 9.17) is 0 Å². The van der Waals surface area contributed by atoms with Crippen LogP contribution in [-0.4, -0.2) is 19.6 Å². The second kappa shape index (κ2) is 6.45. The fraction of sp³-hybridized carbons (Fsp3) is 0.100. The summed E-state index contributed by atoms with van der Waals surface area (Å²) < 4.78 is 15.1. The second-order valence-corrected chi connectivity index (χ2v) is 5.85. The predicted octanol–water partition coefficient (Wildman–Crippen LogP) is 3.70. The molecular weight excluding hydrogens is 317 g/mol. The van der Waals surface area contributed by atoms with Gasteiger partial charge in [0.25, 0.3) is 0 Å². The molecule has 0 aliphatic carbocycles. The molecule has 2 aromatic carbocycles. The average molecular weight is 333 g/mol. The third-order valence-electron chi connectivity index (χ3n) is 4.20. The van der Waals surface area contributed by atoms with Crippen molar-refractivity contribution in [2.75, 3.05) is 0 Å². The SMILES string of the molecule is OC(c1ccncc1)c1nc2ccccc2n1Cc1ccc(F)cc1. The van der Waals surface area contributed by atoms with Gasteiger partial charge in [0.05, 0.1) is 11.0 Å². The predicted molar refractivity (Wildman–Crippen MR) is 93.5 cm³/mol. The summed E-state index contributed by atoms with van der Waals surface area (Å²) in [4.78, 5) is 8.61. The molecule has 0 spiro atoms. The Balaban J connectivity index is 1.82. The van der Waals surface area contributed by atoms with Crippen LogP contribution in [0.1, 0.15) is 23.1 Å². The molecule has 0 aliphatic heterocycles. The van der Waals surface area contributed by atoms with Gasteiger partial charge < -0.3 is 9.67 Å². The van der Waals surface area contributed by atoms with Crippen LogP contribution in [0.5, 0.6) is 0 Å². The summed E-state index contributed by atoms with van der Waals surface area (Å²) in [6, 6.07) is 17.6. The summed E-state index contributed by atoms with van der Waals surface area (Å²) in [5.41, 5.74) is 3.40. The minimum absolute atomic E-state index is 0.267. The summed E-state index contributed by atoms with van der Waals surface area (Å²) in [5.74, 6) is 0.285. The highest BCUT2D eigenvalue weighted by Crippen LogP contribution is 2.26. The van der Waals surface area contributed by atoms with E-state index in [0.717, 1.165) is 22.2 Å². The van der Waals surface area contributed by atoms with Crippen molar-refractivity contribution in [1.29, 1.82) is 0 Å². The molecule has 5 heteroatoms. The Hall–Kier alpha value is -3.05. The zero-order valence-corrected chi connectivity index (χ0v) is 13.4. The van der Waals surface area contributed by atoms with E-state index in [-0.39, 0.29) is 5.82 Å². The maximum atomic E-state index is 13.2. The molecule has 124 valence electrons. The lowest BCUT2D eigenvalue weighted by Crippen LogP contribution is -2.11. The molecule has 0 saturated heterocycles. The van der Waals surface area contributed by atoms with Crippen LogP contribution in [0.4, 0.5) is 4.39 Å². The van der Waals surface area contributed by atoms with Gasteiger partial charge in [-0.05, 0) is 47.5 Å². The lowest BCUT2D eigenvalue weighted by molar-refractivity contribution is 0.206. The van der Waals surface area contributed by atoms with Gasteiger partial charge in [-0.25, -0.2) is 9.37 Å². The molecule has 1 atom stereocenters. The van der Waals surface area contributed by atoms with Crippen molar-refractivity contribution in [3.8, 4) is 0 Å². The molecule has 1 N–H and O–H groups in total. The van der Waals surface area contributed by atoms with Crippen molar-refractivity contribution in [3.05, 3.63) is 95.8 Å². The van der Waals surface area contributed by atoms with Crippen LogP contribution in [0.2, 0.25) is 0 Å². The number of aliphatic hydroxyl groups is 1. The van der Waals surface area contributed by atoms with Gasteiger partial charge in [0.15, 0.2) is 0 Å². The van der Waals surface area contributed by atoms with Crippen LogP contribution >= 0.6 is 0 Å². The Morgan fingerprint density at radius 3 is 2.44 bits per heavy atom. The fourth-order valence-electron chi connectivity index (χ4n) is 2.94. The third-order valence-corrected chi connectivity index (χ3v) is 4.20. The van der Waals surface area contributed by atoms with Crippen molar-refractivity contribution in [2.45, 2.75) is 12.6 Å². The molecule has 0 bridgehead atoms. The average Bonchev–Trinajstić information content (AvgIpc) is 3.02. The highest BCUT2D eigenvalue weighted by atomic mass is 19.1. The number of halogens is 1. The normalized spacial score (nSPS) is 12.4. The van der Waals surface area contributed by atoms with E-state index in [0.29, 0.717) is 12.4 Å². The molecule has 2 heterocycles. The molecule has 1 unspecified atom stereocenters. The van der Waals surface area contributed by atoms with Crippen LogP contribution < -0.4 is 0 Å². The lowest BCUT2D eigenvalue weighted by atomic mass is 10.1. The summed E-state index contributed by atoms with van der Waals surface area (Å²) in [7, 11) is 0. The second-order valence-electron chi connectivity index (χ2n) is 5.85. The van der Waals surface area contributed by atoms with Gasteiger partial charge in [-0.2, -0.15) is 0 Å². The van der Waals surface area contributed by atoms with Gasteiger partial charge in [0.2, 0.25) is 0 Å². The van der Waals surface area contributed by atoms with E-state index < -0.39 is 6.10 Å². The van der Waals surface area contributed by atoms with Crippen molar-refractivity contribution in [3.63, 3.8) is 0 Å². The molecule has 25 heavy (non-hydrogen) atoms. The van der Waals surface area contributed by atoms with Gasteiger partial charge >= 0.3 is 0 Å². The van der Waals surface area contributed by atoms with E-state index in [2.05, 4.69) is 9.97 Å². The summed E-state index contributed by atoms with van der Waals surface area (Å²) >= 11 is 0. The smallest absolute Gasteiger partial charge is 0.143 e. The van der Waals surface area contributed by atoms with Gasteiger partial charge in [-0.15, -0.1) is 0 Å². The molecule has 0 aliphatic rings. The lowest BCUT2D eigenvalue weighted by Gasteiger charge is -2.14. The van der Waals surface area contributed by atoms with Gasteiger partial charge in [0.1, 0.15) is 17.7 Å². The topological polar surface area (TPSA) is 50.9 Å². The first kappa shape index (κ1) is 15.5. The number of aromatic nitrogens is 3. The Morgan fingerprint density at radius 1 is 0.960 bits per heavy atom. The first-order valence-electron chi connectivity index (χ1n) is 8.00. The monoisotopic (exact) mass is 333 g/mol. The molecule has 0 fully saturated rings. The van der Waals surface area contributed by atoms with E-state index >= 15 is 0 Å². The molecule has 4 rings (SSSR count). The van der Waals surface area contributed by atoms with Gasteiger partial charge in [-0.3, -0.25) is 4.98 Å². The third kappa shape index (κ3) is 3.02. The number of para-hydroxylation sites is 2. The number of nitrogens with zero attached hydrogens (tertiary/aromatic N) is 3. The number of hydrogen-bond acceptors (Lipinski definition) is 3. The van der Waals surface area contributed by atoms with E-state index in [1.54, 1.807) is 36.7 Å². The highest BCUT2D eigenvalue weighted by molar-refractivity contribution is 5.76. The summed E-state index contributed by atoms with van der Waals surface area (Å²) in [5, 5.41) is 10.8. The molecular formula is C20H16FN3O. The van der Waals surface area contributed by atoms with Crippen LogP contribution in [0.25, 0.3) is 11.0 Å². The molecule has 0 saturated carbocycles. The zero-order chi connectivity index (χ0) is 17.2. The fourth-order valence-corrected chi connectivity index (χ4v) is 2.94. The molecule has 0 amide bonds. The van der Waals surface area contributed by atoms with Crippen LogP contribution in [0, 0.1) is 5.82 Å². The number of pyridine rings is 1. The Morgan fingerprint density at radius 2 is 1.68 bits per heavy atom. The minimum atomic E-state index is -0.865. The quantitative estimate of drug-likeness (QED) is 0.619. The number of imidazole rings is 1. The van der Waals surface area contributed by atoms with Crippen LogP contribution in [-0.2, 0) is 6.54 Å². The largest absolute Gasteiger partial charge is 0.380 e. The molecule has 0 radical (unpaired) electrons. The zero-order valence-electron chi connectivity index (χ0n) is 13.4.